The summed E-state index contributed by atoms with van der Waals surface area (Å²) in [5, 5.41) is 3.50. The lowest BCUT2D eigenvalue weighted by Crippen LogP contribution is -2.05. The Balaban J connectivity index is 1.79. The summed E-state index contributed by atoms with van der Waals surface area (Å²) in [6, 6.07) is 12.2. The zero-order chi connectivity index (χ0) is 23.7. The summed E-state index contributed by atoms with van der Waals surface area (Å²) in [6.45, 7) is 6.52. The third kappa shape index (κ3) is 9.78. The van der Waals surface area contributed by atoms with Crippen LogP contribution in [0.5, 0.6) is 0 Å². The molecule has 0 amide bonds. The van der Waals surface area contributed by atoms with Gasteiger partial charge >= 0.3 is 0 Å². The first kappa shape index (κ1) is 27.2. The zero-order valence-corrected chi connectivity index (χ0v) is 21.4. The van der Waals surface area contributed by atoms with Crippen LogP contribution in [0.2, 0.25) is 0 Å². The molecule has 0 aliphatic heterocycles. The molecule has 184 valence electrons. The maximum absolute atomic E-state index is 13.9. The average Bonchev–Trinajstić information content (AvgIpc) is 2.83. The molecule has 0 radical (unpaired) electrons. The maximum atomic E-state index is 13.9. The van der Waals surface area contributed by atoms with Gasteiger partial charge in [-0.1, -0.05) is 115 Å². The van der Waals surface area contributed by atoms with E-state index < -0.39 is 0 Å². The lowest BCUT2D eigenvalue weighted by molar-refractivity contribution is 0.539. The minimum atomic E-state index is 0.594. The predicted octanol–water partition coefficient (Wildman–Crippen LogP) is 10.2. The van der Waals surface area contributed by atoms with E-state index in [0.717, 1.165) is 36.2 Å². The Morgan fingerprint density at radius 3 is 1.76 bits per heavy atom. The van der Waals surface area contributed by atoms with E-state index in [0.29, 0.717) is 5.69 Å². The second-order valence-electron chi connectivity index (χ2n) is 9.51. The number of nitrogens with one attached hydrogen (secondary N) is 2. The normalized spacial score (nSPS) is 11.0. The molecule has 0 atom stereocenters. The summed E-state index contributed by atoms with van der Waals surface area (Å²) in [7, 11) is 0. The van der Waals surface area contributed by atoms with E-state index in [1.165, 1.54) is 88.2 Å². The molecule has 2 N–H and O–H groups in total. The van der Waals surface area contributed by atoms with E-state index in [1.54, 1.807) is 0 Å². The van der Waals surface area contributed by atoms with E-state index in [4.69, 9.17) is 0 Å². The van der Waals surface area contributed by atoms with Gasteiger partial charge in [-0.05, 0) is 55.0 Å². The van der Waals surface area contributed by atoms with Gasteiger partial charge in [0.05, 0.1) is 11.4 Å². The first-order chi connectivity index (χ1) is 16.2. The number of benzene rings is 2. The monoisotopic (exact) mass is 454 g/mol. The number of aryl methyl sites for hydroxylation is 2. The predicted molar refractivity (Wildman–Crippen MR) is 144 cm³/mol. The summed E-state index contributed by atoms with van der Waals surface area (Å²) in [5.41, 5.74) is 7.98. The minimum Gasteiger partial charge on any atom is -0.354 e. The molecular weight excluding hydrogens is 407 g/mol. The topological polar surface area (TPSA) is 24.1 Å². The van der Waals surface area contributed by atoms with Crippen molar-refractivity contribution in [2.45, 2.75) is 117 Å². The first-order valence-electron chi connectivity index (χ1n) is 13.5. The molecule has 0 saturated carbocycles. The molecule has 0 aliphatic rings. The Hall–Kier alpha value is -2.03. The molecule has 0 heterocycles. The van der Waals surface area contributed by atoms with Gasteiger partial charge in [-0.2, -0.15) is 0 Å². The number of halogens is 1. The molecule has 0 aliphatic carbocycles. The van der Waals surface area contributed by atoms with Gasteiger partial charge < -0.3 is 5.32 Å². The molecule has 2 rings (SSSR count). The lowest BCUT2D eigenvalue weighted by Gasteiger charge is -2.21. The van der Waals surface area contributed by atoms with Gasteiger partial charge in [-0.3, -0.25) is 0 Å². The highest BCUT2D eigenvalue weighted by molar-refractivity contribution is 5.81. The SMILES string of the molecule is CCCCCCCCCCCCCCCc1c(C)cc(CC)c(NF)c1Nc1ccccc1. The Morgan fingerprint density at radius 2 is 1.24 bits per heavy atom. The average molecular weight is 455 g/mol. The molecule has 0 spiro atoms. The van der Waals surface area contributed by atoms with Crippen LogP contribution in [0, 0.1) is 6.92 Å². The quantitative estimate of drug-likeness (QED) is 0.173. The number of anilines is 3. The maximum Gasteiger partial charge on any atom is 0.0925 e. The number of rotatable bonds is 18. The first-order valence-corrected chi connectivity index (χ1v) is 13.5. The molecule has 33 heavy (non-hydrogen) atoms. The van der Waals surface area contributed by atoms with Crippen molar-refractivity contribution < 1.29 is 4.48 Å². The van der Waals surface area contributed by atoms with Gasteiger partial charge in [0, 0.05) is 5.69 Å². The van der Waals surface area contributed by atoms with Gasteiger partial charge in [0.2, 0.25) is 0 Å². The van der Waals surface area contributed by atoms with Gasteiger partial charge in [-0.25, -0.2) is 5.54 Å². The standard InChI is InChI=1S/C30H47FN2/c1-4-6-7-8-9-10-11-12-13-14-15-16-20-23-28-25(3)24-26(5-2)29(33-31)30(28)32-27-21-18-17-19-22-27/h17-19,21-22,24,32-33H,4-16,20,23H2,1-3H3. The fourth-order valence-electron chi connectivity index (χ4n) is 4.76. The zero-order valence-electron chi connectivity index (χ0n) is 21.4. The van der Waals surface area contributed by atoms with Crippen molar-refractivity contribution in [1.82, 2.24) is 0 Å². The summed E-state index contributed by atoms with van der Waals surface area (Å²) >= 11 is 0. The molecule has 0 unspecified atom stereocenters. The van der Waals surface area contributed by atoms with Crippen molar-refractivity contribution in [3.63, 3.8) is 0 Å². The summed E-state index contributed by atoms with van der Waals surface area (Å²) in [4.78, 5) is 0. The van der Waals surface area contributed by atoms with E-state index in [9.17, 15) is 4.48 Å². The van der Waals surface area contributed by atoms with Crippen LogP contribution >= 0.6 is 0 Å². The minimum absolute atomic E-state index is 0.594. The smallest absolute Gasteiger partial charge is 0.0925 e. The largest absolute Gasteiger partial charge is 0.354 e. The third-order valence-corrected chi connectivity index (χ3v) is 6.79. The molecule has 0 aromatic heterocycles. The van der Waals surface area contributed by atoms with E-state index in [1.807, 2.05) is 35.9 Å². The van der Waals surface area contributed by atoms with Crippen LogP contribution in [-0.2, 0) is 12.8 Å². The Labute approximate surface area is 202 Å². The number of para-hydroxylation sites is 1. The van der Waals surface area contributed by atoms with Crippen LogP contribution in [0.15, 0.2) is 36.4 Å². The van der Waals surface area contributed by atoms with Crippen molar-refractivity contribution in [1.29, 1.82) is 0 Å². The summed E-state index contributed by atoms with van der Waals surface area (Å²) < 4.78 is 13.9. The Kier molecular flexibility index (Phi) is 13.7. The number of hydrogen-bond acceptors (Lipinski definition) is 2. The second-order valence-corrected chi connectivity index (χ2v) is 9.51. The molecule has 2 aromatic rings. The van der Waals surface area contributed by atoms with E-state index in [2.05, 4.69) is 32.2 Å². The fraction of sp³-hybridized carbons (Fsp3) is 0.600. The van der Waals surface area contributed by atoms with Crippen LogP contribution in [0.25, 0.3) is 0 Å². The second kappa shape index (κ2) is 16.6. The van der Waals surface area contributed by atoms with Crippen molar-refractivity contribution in [2.24, 2.45) is 0 Å². The van der Waals surface area contributed by atoms with Gasteiger partial charge in [0.15, 0.2) is 0 Å². The summed E-state index contributed by atoms with van der Waals surface area (Å²) in [6.07, 6.45) is 19.4. The van der Waals surface area contributed by atoms with Crippen LogP contribution in [0.3, 0.4) is 0 Å². The van der Waals surface area contributed by atoms with Gasteiger partial charge in [0.25, 0.3) is 0 Å². The van der Waals surface area contributed by atoms with Crippen molar-refractivity contribution >= 4 is 17.1 Å². The van der Waals surface area contributed by atoms with Crippen LogP contribution in [0.1, 0.15) is 114 Å². The molecule has 3 heteroatoms. The lowest BCUT2D eigenvalue weighted by atomic mass is 9.94. The van der Waals surface area contributed by atoms with Crippen LogP contribution < -0.4 is 10.9 Å². The highest BCUT2D eigenvalue weighted by Gasteiger charge is 2.16. The Bertz CT molecular complexity index is 773. The highest BCUT2D eigenvalue weighted by Crippen LogP contribution is 2.37. The van der Waals surface area contributed by atoms with Gasteiger partial charge in [-0.15, -0.1) is 4.48 Å². The third-order valence-electron chi connectivity index (χ3n) is 6.79. The molecule has 0 fully saturated rings. The van der Waals surface area contributed by atoms with Crippen LogP contribution in [0.4, 0.5) is 21.5 Å². The number of unbranched alkanes of at least 4 members (excludes halogenated alkanes) is 12. The number of hydrogen-bond donors (Lipinski definition) is 2. The van der Waals surface area contributed by atoms with Crippen LogP contribution in [-0.4, -0.2) is 0 Å². The van der Waals surface area contributed by atoms with E-state index in [-0.39, 0.29) is 0 Å². The van der Waals surface area contributed by atoms with Gasteiger partial charge in [0.1, 0.15) is 0 Å². The molecule has 2 nitrogen and oxygen atoms in total. The molecule has 0 bridgehead atoms. The molecule has 0 saturated heterocycles. The van der Waals surface area contributed by atoms with E-state index >= 15 is 0 Å². The summed E-state index contributed by atoms with van der Waals surface area (Å²) in [5.74, 6) is 0. The highest BCUT2D eigenvalue weighted by atomic mass is 19.2. The van der Waals surface area contributed by atoms with Crippen molar-refractivity contribution in [3.8, 4) is 0 Å². The van der Waals surface area contributed by atoms with Crippen molar-refractivity contribution in [2.75, 3.05) is 10.9 Å². The molecule has 2 aromatic carbocycles. The van der Waals surface area contributed by atoms with Crippen molar-refractivity contribution in [3.05, 3.63) is 53.1 Å². The molecular formula is C30H47FN2. The fourth-order valence-corrected chi connectivity index (χ4v) is 4.76. The Morgan fingerprint density at radius 1 is 0.697 bits per heavy atom.